The third kappa shape index (κ3) is 4.04. The lowest BCUT2D eigenvalue weighted by molar-refractivity contribution is -0.384. The van der Waals surface area contributed by atoms with Crippen LogP contribution < -0.4 is 10.6 Å². The molecule has 0 aliphatic rings. The topological polar surface area (TPSA) is 84.3 Å². The van der Waals surface area contributed by atoms with Crippen LogP contribution in [0, 0.1) is 10.1 Å². The van der Waals surface area contributed by atoms with Gasteiger partial charge in [-0.3, -0.25) is 14.9 Å². The predicted molar refractivity (Wildman–Crippen MR) is 69.5 cm³/mol. The highest BCUT2D eigenvalue weighted by Crippen LogP contribution is 2.15. The number of nitrogens with zero attached hydrogens (tertiary/aromatic N) is 1. The number of amides is 1. The molecule has 0 saturated heterocycles. The molecule has 98 valence electrons. The smallest absolute Gasteiger partial charge is 0.269 e. The van der Waals surface area contributed by atoms with Gasteiger partial charge < -0.3 is 10.6 Å². The fourth-order valence-corrected chi connectivity index (χ4v) is 1.40. The Morgan fingerprint density at radius 3 is 2.50 bits per heavy atom. The van der Waals surface area contributed by atoms with E-state index in [1.807, 2.05) is 6.92 Å². The van der Waals surface area contributed by atoms with E-state index in [4.69, 9.17) is 0 Å². The molecule has 6 nitrogen and oxygen atoms in total. The second-order valence-corrected chi connectivity index (χ2v) is 3.96. The number of carbonyl (C=O) groups is 1. The van der Waals surface area contributed by atoms with Crippen LogP contribution in [0.2, 0.25) is 0 Å². The van der Waals surface area contributed by atoms with Gasteiger partial charge in [-0.2, -0.15) is 0 Å². The number of hydrogen-bond donors (Lipinski definition) is 2. The number of non-ortho nitro benzene ring substituents is 1. The van der Waals surface area contributed by atoms with Gasteiger partial charge in [-0.25, -0.2) is 0 Å². The van der Waals surface area contributed by atoms with Crippen molar-refractivity contribution in [1.29, 1.82) is 0 Å². The molecule has 0 aromatic heterocycles. The van der Waals surface area contributed by atoms with E-state index in [0.29, 0.717) is 12.2 Å². The van der Waals surface area contributed by atoms with Crippen molar-refractivity contribution in [2.75, 3.05) is 11.9 Å². The standard InChI is InChI=1S/C12H17N3O3/c1-3-8-13-12(16)9(2)14-10-4-6-11(7-5-10)15(17)18/h4-7,9,14H,3,8H2,1-2H3,(H,13,16). The first kappa shape index (κ1) is 14.0. The zero-order valence-electron chi connectivity index (χ0n) is 10.5. The van der Waals surface area contributed by atoms with Crippen LogP contribution in [0.1, 0.15) is 20.3 Å². The number of nitro benzene ring substituents is 1. The Morgan fingerprint density at radius 1 is 1.39 bits per heavy atom. The Hall–Kier alpha value is -2.11. The summed E-state index contributed by atoms with van der Waals surface area (Å²) in [6.45, 7) is 4.37. The van der Waals surface area contributed by atoms with Gasteiger partial charge >= 0.3 is 0 Å². The summed E-state index contributed by atoms with van der Waals surface area (Å²) < 4.78 is 0. The Balaban J connectivity index is 2.56. The molecule has 1 rings (SSSR count). The average Bonchev–Trinajstić information content (AvgIpc) is 2.36. The van der Waals surface area contributed by atoms with Crippen molar-refractivity contribution in [3.8, 4) is 0 Å². The zero-order chi connectivity index (χ0) is 13.5. The molecule has 2 N–H and O–H groups in total. The van der Waals surface area contributed by atoms with Crippen LogP contribution in [-0.2, 0) is 4.79 Å². The molecular formula is C12H17N3O3. The highest BCUT2D eigenvalue weighted by atomic mass is 16.6. The molecule has 1 amide bonds. The molecule has 1 aromatic carbocycles. The molecule has 0 fully saturated rings. The van der Waals surface area contributed by atoms with Crippen molar-refractivity contribution in [3.05, 3.63) is 34.4 Å². The lowest BCUT2D eigenvalue weighted by Crippen LogP contribution is -2.37. The summed E-state index contributed by atoms with van der Waals surface area (Å²) in [5.74, 6) is -0.0878. The molecule has 6 heteroatoms. The number of rotatable bonds is 6. The Labute approximate surface area is 106 Å². The summed E-state index contributed by atoms with van der Waals surface area (Å²) in [4.78, 5) is 21.6. The van der Waals surface area contributed by atoms with Crippen LogP contribution in [0.25, 0.3) is 0 Å². The van der Waals surface area contributed by atoms with Gasteiger partial charge in [0.25, 0.3) is 5.69 Å². The minimum Gasteiger partial charge on any atom is -0.374 e. The van der Waals surface area contributed by atoms with Gasteiger partial charge in [-0.05, 0) is 25.5 Å². The van der Waals surface area contributed by atoms with Crippen LogP contribution in [-0.4, -0.2) is 23.4 Å². The molecule has 1 unspecified atom stereocenters. The monoisotopic (exact) mass is 251 g/mol. The van der Waals surface area contributed by atoms with E-state index >= 15 is 0 Å². The largest absolute Gasteiger partial charge is 0.374 e. The van der Waals surface area contributed by atoms with Crippen molar-refractivity contribution in [2.45, 2.75) is 26.3 Å². The van der Waals surface area contributed by atoms with Crippen LogP contribution in [0.15, 0.2) is 24.3 Å². The summed E-state index contributed by atoms with van der Waals surface area (Å²) in [5, 5.41) is 16.2. The van der Waals surface area contributed by atoms with Crippen molar-refractivity contribution in [1.82, 2.24) is 5.32 Å². The first-order chi connectivity index (χ1) is 8.54. The zero-order valence-corrected chi connectivity index (χ0v) is 10.5. The second kappa shape index (κ2) is 6.58. The average molecular weight is 251 g/mol. The van der Waals surface area contributed by atoms with Crippen molar-refractivity contribution < 1.29 is 9.72 Å². The summed E-state index contributed by atoms with van der Waals surface area (Å²) in [6, 6.07) is 5.60. The minimum atomic E-state index is -0.457. The molecule has 0 bridgehead atoms. The van der Waals surface area contributed by atoms with E-state index in [2.05, 4.69) is 10.6 Å². The molecule has 0 radical (unpaired) electrons. The number of benzene rings is 1. The molecule has 0 spiro atoms. The molecule has 0 heterocycles. The summed E-state index contributed by atoms with van der Waals surface area (Å²) in [5.41, 5.74) is 0.711. The van der Waals surface area contributed by atoms with Gasteiger partial charge in [0.2, 0.25) is 5.91 Å². The van der Waals surface area contributed by atoms with Crippen molar-refractivity contribution >= 4 is 17.3 Å². The lowest BCUT2D eigenvalue weighted by atomic mass is 10.2. The van der Waals surface area contributed by atoms with E-state index in [1.54, 1.807) is 19.1 Å². The lowest BCUT2D eigenvalue weighted by Gasteiger charge is -2.14. The predicted octanol–water partition coefficient (Wildman–Crippen LogP) is 1.92. The minimum absolute atomic E-state index is 0.0311. The summed E-state index contributed by atoms with van der Waals surface area (Å²) in [7, 11) is 0. The van der Waals surface area contributed by atoms with E-state index in [0.717, 1.165) is 6.42 Å². The Bertz CT molecular complexity index is 417. The van der Waals surface area contributed by atoms with Gasteiger partial charge in [0.15, 0.2) is 0 Å². The fourth-order valence-electron chi connectivity index (χ4n) is 1.40. The fraction of sp³-hybridized carbons (Fsp3) is 0.417. The van der Waals surface area contributed by atoms with Gasteiger partial charge in [-0.15, -0.1) is 0 Å². The molecule has 0 aliphatic heterocycles. The molecule has 0 saturated carbocycles. The maximum absolute atomic E-state index is 11.6. The number of nitro groups is 1. The highest BCUT2D eigenvalue weighted by molar-refractivity contribution is 5.84. The number of carbonyl (C=O) groups excluding carboxylic acids is 1. The highest BCUT2D eigenvalue weighted by Gasteiger charge is 2.12. The Kier molecular flexibility index (Phi) is 5.10. The van der Waals surface area contributed by atoms with Gasteiger partial charge in [0.05, 0.1) is 4.92 Å². The van der Waals surface area contributed by atoms with Gasteiger partial charge in [0.1, 0.15) is 6.04 Å². The third-order valence-corrected chi connectivity index (χ3v) is 2.40. The van der Waals surface area contributed by atoms with E-state index in [1.165, 1.54) is 12.1 Å². The van der Waals surface area contributed by atoms with E-state index in [9.17, 15) is 14.9 Å². The third-order valence-electron chi connectivity index (χ3n) is 2.40. The first-order valence-corrected chi connectivity index (χ1v) is 5.83. The number of hydrogen-bond acceptors (Lipinski definition) is 4. The van der Waals surface area contributed by atoms with E-state index < -0.39 is 4.92 Å². The van der Waals surface area contributed by atoms with Crippen LogP contribution >= 0.6 is 0 Å². The van der Waals surface area contributed by atoms with Crippen LogP contribution in [0.3, 0.4) is 0 Å². The Morgan fingerprint density at radius 2 is 2.00 bits per heavy atom. The maximum Gasteiger partial charge on any atom is 0.269 e. The SMILES string of the molecule is CCCNC(=O)C(C)Nc1ccc([N+](=O)[O-])cc1. The van der Waals surface area contributed by atoms with Gasteiger partial charge in [-0.1, -0.05) is 6.92 Å². The quantitative estimate of drug-likeness (QED) is 0.597. The molecule has 1 aromatic rings. The van der Waals surface area contributed by atoms with Crippen molar-refractivity contribution in [2.24, 2.45) is 0 Å². The molecule has 0 aliphatic carbocycles. The van der Waals surface area contributed by atoms with E-state index in [-0.39, 0.29) is 17.6 Å². The molecular weight excluding hydrogens is 234 g/mol. The summed E-state index contributed by atoms with van der Waals surface area (Å²) in [6.07, 6.45) is 0.885. The second-order valence-electron chi connectivity index (χ2n) is 3.96. The number of anilines is 1. The first-order valence-electron chi connectivity index (χ1n) is 5.83. The maximum atomic E-state index is 11.6. The van der Waals surface area contributed by atoms with Gasteiger partial charge in [0, 0.05) is 24.4 Å². The normalized spacial score (nSPS) is 11.7. The summed E-state index contributed by atoms with van der Waals surface area (Å²) >= 11 is 0. The number of nitrogens with one attached hydrogen (secondary N) is 2. The van der Waals surface area contributed by atoms with Crippen molar-refractivity contribution in [3.63, 3.8) is 0 Å². The molecule has 1 atom stereocenters. The van der Waals surface area contributed by atoms with Crippen LogP contribution in [0.5, 0.6) is 0 Å². The van der Waals surface area contributed by atoms with Crippen LogP contribution in [0.4, 0.5) is 11.4 Å². The molecule has 18 heavy (non-hydrogen) atoms.